The summed E-state index contributed by atoms with van der Waals surface area (Å²) in [6.07, 6.45) is 7.89. The van der Waals surface area contributed by atoms with Crippen LogP contribution in [0.2, 0.25) is 5.02 Å². The zero-order valence-corrected chi connectivity index (χ0v) is 12.7. The van der Waals surface area contributed by atoms with Crippen LogP contribution in [-0.4, -0.2) is 30.1 Å². The minimum absolute atomic E-state index is 0.556. The van der Waals surface area contributed by atoms with Crippen molar-refractivity contribution < 1.29 is 0 Å². The summed E-state index contributed by atoms with van der Waals surface area (Å²) in [7, 11) is 0. The van der Waals surface area contributed by atoms with E-state index in [1.54, 1.807) is 0 Å². The summed E-state index contributed by atoms with van der Waals surface area (Å²) in [5, 5.41) is 4.81. The molecule has 3 unspecified atom stereocenters. The van der Waals surface area contributed by atoms with Crippen molar-refractivity contribution >= 4 is 11.6 Å². The average Bonchev–Trinajstić information content (AvgIpc) is 3.05. The number of halogens is 1. The number of hydrogen-bond donors (Lipinski definition) is 1. The molecule has 2 aliphatic heterocycles. The van der Waals surface area contributed by atoms with E-state index in [0.29, 0.717) is 12.1 Å². The summed E-state index contributed by atoms with van der Waals surface area (Å²) in [6, 6.07) is 8.54. The average molecular weight is 291 g/mol. The number of hydrogen-bond acceptors (Lipinski definition) is 2. The van der Waals surface area contributed by atoms with Crippen LogP contribution in [-0.2, 0) is 6.42 Å². The summed E-state index contributed by atoms with van der Waals surface area (Å²) in [6.45, 7) is 2.63. The maximum Gasteiger partial charge on any atom is 0.0408 e. The first-order valence-electron chi connectivity index (χ1n) is 8.08. The van der Waals surface area contributed by atoms with E-state index < -0.39 is 0 Å². The Morgan fingerprint density at radius 3 is 3.05 bits per heavy atom. The Hall–Kier alpha value is -0.570. The van der Waals surface area contributed by atoms with Crippen molar-refractivity contribution in [2.45, 2.75) is 56.7 Å². The minimum Gasteiger partial charge on any atom is -0.307 e. The number of benzene rings is 1. The van der Waals surface area contributed by atoms with Gasteiger partial charge in [-0.25, -0.2) is 0 Å². The molecule has 0 bridgehead atoms. The van der Waals surface area contributed by atoms with Gasteiger partial charge in [0.2, 0.25) is 0 Å². The molecule has 2 nitrogen and oxygen atoms in total. The number of aryl methyl sites for hydroxylation is 1. The molecule has 2 saturated heterocycles. The Morgan fingerprint density at radius 2 is 2.10 bits per heavy atom. The Labute approximate surface area is 126 Å². The number of nitrogens with one attached hydrogen (secondary N) is 1. The van der Waals surface area contributed by atoms with Crippen LogP contribution in [0.15, 0.2) is 18.2 Å². The van der Waals surface area contributed by atoms with Gasteiger partial charge in [0.05, 0.1) is 0 Å². The predicted octanol–water partition coefficient (Wildman–Crippen LogP) is 3.54. The summed E-state index contributed by atoms with van der Waals surface area (Å²) in [5.41, 5.74) is 2.94. The van der Waals surface area contributed by atoms with Gasteiger partial charge < -0.3 is 10.2 Å². The normalized spacial score (nSPS) is 33.1. The van der Waals surface area contributed by atoms with Gasteiger partial charge in [-0.3, -0.25) is 0 Å². The minimum atomic E-state index is 0.556. The largest absolute Gasteiger partial charge is 0.307 e. The number of rotatable bonds is 2. The number of nitrogens with zero attached hydrogens (tertiary/aromatic N) is 1. The second kappa shape index (κ2) is 5.32. The highest BCUT2D eigenvalue weighted by atomic mass is 35.5. The van der Waals surface area contributed by atoms with Crippen LogP contribution in [0.3, 0.4) is 0 Å². The van der Waals surface area contributed by atoms with Gasteiger partial charge in [-0.2, -0.15) is 0 Å². The molecule has 2 fully saturated rings. The van der Waals surface area contributed by atoms with E-state index in [-0.39, 0.29) is 0 Å². The molecule has 1 aliphatic carbocycles. The van der Waals surface area contributed by atoms with Crippen molar-refractivity contribution in [3.63, 3.8) is 0 Å². The first-order chi connectivity index (χ1) is 9.79. The maximum atomic E-state index is 6.10. The van der Waals surface area contributed by atoms with E-state index in [0.717, 1.165) is 11.1 Å². The molecule has 0 radical (unpaired) electrons. The number of fused-ring (bicyclic) bond motifs is 2. The molecule has 108 valence electrons. The van der Waals surface area contributed by atoms with Crippen molar-refractivity contribution in [3.05, 3.63) is 34.3 Å². The highest BCUT2D eigenvalue weighted by molar-refractivity contribution is 6.30. The molecule has 3 heteroatoms. The summed E-state index contributed by atoms with van der Waals surface area (Å²) >= 11 is 6.10. The molecule has 0 aromatic heterocycles. The van der Waals surface area contributed by atoms with Crippen LogP contribution in [0, 0.1) is 0 Å². The van der Waals surface area contributed by atoms with Crippen molar-refractivity contribution in [2.24, 2.45) is 0 Å². The van der Waals surface area contributed by atoms with Crippen LogP contribution in [0.5, 0.6) is 0 Å². The zero-order chi connectivity index (χ0) is 13.5. The van der Waals surface area contributed by atoms with Crippen molar-refractivity contribution in [2.75, 3.05) is 13.1 Å². The third kappa shape index (κ3) is 2.38. The van der Waals surface area contributed by atoms with Gasteiger partial charge in [0.15, 0.2) is 0 Å². The SMILES string of the molecule is Clc1ccc2c(c1)CCC2NC1CCN2CCCC2C1. The predicted molar refractivity (Wildman–Crippen MR) is 83.3 cm³/mol. The lowest BCUT2D eigenvalue weighted by Crippen LogP contribution is -2.46. The molecule has 20 heavy (non-hydrogen) atoms. The van der Waals surface area contributed by atoms with Crippen LogP contribution in [0.1, 0.15) is 49.3 Å². The highest BCUT2D eigenvalue weighted by Crippen LogP contribution is 2.35. The van der Waals surface area contributed by atoms with Gasteiger partial charge in [-0.05, 0) is 74.9 Å². The molecule has 0 saturated carbocycles. The zero-order valence-electron chi connectivity index (χ0n) is 11.9. The standard InChI is InChI=1S/C17H23ClN2/c18-13-4-5-16-12(10-13)3-6-17(16)19-14-7-9-20-8-1-2-15(20)11-14/h4-5,10,14-15,17,19H,1-3,6-9,11H2. The second-order valence-electron chi connectivity index (χ2n) is 6.65. The van der Waals surface area contributed by atoms with Crippen LogP contribution in [0.25, 0.3) is 0 Å². The summed E-state index contributed by atoms with van der Waals surface area (Å²) < 4.78 is 0. The molecular weight excluding hydrogens is 268 g/mol. The van der Waals surface area contributed by atoms with Crippen molar-refractivity contribution in [1.82, 2.24) is 10.2 Å². The van der Waals surface area contributed by atoms with Crippen molar-refractivity contribution in [3.8, 4) is 0 Å². The molecule has 0 amide bonds. The smallest absolute Gasteiger partial charge is 0.0408 e. The fourth-order valence-corrected chi connectivity index (χ4v) is 4.61. The molecule has 3 atom stereocenters. The monoisotopic (exact) mass is 290 g/mol. The summed E-state index contributed by atoms with van der Waals surface area (Å²) in [4.78, 5) is 2.69. The first-order valence-corrected chi connectivity index (χ1v) is 8.46. The van der Waals surface area contributed by atoms with E-state index in [4.69, 9.17) is 11.6 Å². The van der Waals surface area contributed by atoms with E-state index in [1.807, 2.05) is 6.07 Å². The van der Waals surface area contributed by atoms with E-state index >= 15 is 0 Å². The fourth-order valence-electron chi connectivity index (χ4n) is 4.42. The van der Waals surface area contributed by atoms with E-state index in [1.165, 1.54) is 62.7 Å². The van der Waals surface area contributed by atoms with Gasteiger partial charge in [0.25, 0.3) is 0 Å². The highest BCUT2D eigenvalue weighted by Gasteiger charge is 2.33. The van der Waals surface area contributed by atoms with E-state index in [2.05, 4.69) is 22.3 Å². The first kappa shape index (κ1) is 13.1. The van der Waals surface area contributed by atoms with Gasteiger partial charge in [-0.15, -0.1) is 0 Å². The lowest BCUT2D eigenvalue weighted by molar-refractivity contribution is 0.161. The lowest BCUT2D eigenvalue weighted by Gasteiger charge is -2.36. The molecular formula is C17H23ClN2. The Bertz CT molecular complexity index is 502. The maximum absolute atomic E-state index is 6.10. The third-order valence-electron chi connectivity index (χ3n) is 5.44. The molecule has 1 aromatic carbocycles. The molecule has 4 rings (SSSR count). The van der Waals surface area contributed by atoms with Gasteiger partial charge in [0, 0.05) is 23.1 Å². The quantitative estimate of drug-likeness (QED) is 0.896. The third-order valence-corrected chi connectivity index (χ3v) is 5.68. The van der Waals surface area contributed by atoms with Crippen LogP contribution in [0.4, 0.5) is 0 Å². The fraction of sp³-hybridized carbons (Fsp3) is 0.647. The topological polar surface area (TPSA) is 15.3 Å². The summed E-state index contributed by atoms with van der Waals surface area (Å²) in [5.74, 6) is 0. The lowest BCUT2D eigenvalue weighted by atomic mass is 9.96. The Balaban J connectivity index is 1.43. The molecule has 2 heterocycles. The van der Waals surface area contributed by atoms with Gasteiger partial charge in [-0.1, -0.05) is 17.7 Å². The molecule has 1 N–H and O–H groups in total. The number of piperidine rings is 1. The van der Waals surface area contributed by atoms with Crippen LogP contribution < -0.4 is 5.32 Å². The second-order valence-corrected chi connectivity index (χ2v) is 7.09. The Kier molecular flexibility index (Phi) is 3.49. The Morgan fingerprint density at radius 1 is 1.15 bits per heavy atom. The van der Waals surface area contributed by atoms with E-state index in [9.17, 15) is 0 Å². The molecule has 0 spiro atoms. The molecule has 1 aromatic rings. The van der Waals surface area contributed by atoms with Gasteiger partial charge >= 0.3 is 0 Å². The van der Waals surface area contributed by atoms with Crippen LogP contribution >= 0.6 is 11.6 Å². The van der Waals surface area contributed by atoms with Crippen molar-refractivity contribution in [1.29, 1.82) is 0 Å². The molecule has 3 aliphatic rings. The van der Waals surface area contributed by atoms with Gasteiger partial charge in [0.1, 0.15) is 0 Å².